The Labute approximate surface area is 87.7 Å². The van der Waals surface area contributed by atoms with E-state index in [1.807, 2.05) is 15.7 Å². The average molecular weight is 210 g/mol. The molecule has 1 aromatic heterocycles. The van der Waals surface area contributed by atoms with Crippen LogP contribution in [0.25, 0.3) is 0 Å². The van der Waals surface area contributed by atoms with Gasteiger partial charge in [0.1, 0.15) is 0 Å². The van der Waals surface area contributed by atoms with Crippen LogP contribution in [0.3, 0.4) is 0 Å². The third-order valence-corrected chi connectivity index (χ3v) is 3.25. The lowest BCUT2D eigenvalue weighted by Gasteiger charge is -2.42. The molecule has 76 valence electrons. The number of nitrogens with one attached hydrogen (secondary N) is 1. The van der Waals surface area contributed by atoms with Crippen LogP contribution in [0.1, 0.15) is 20.8 Å². The Morgan fingerprint density at radius 3 is 2.93 bits per heavy atom. The van der Waals surface area contributed by atoms with Gasteiger partial charge in [0.05, 0.1) is 16.9 Å². The first-order valence-electron chi connectivity index (χ1n) is 4.63. The van der Waals surface area contributed by atoms with Crippen molar-refractivity contribution in [1.29, 1.82) is 0 Å². The van der Waals surface area contributed by atoms with Crippen molar-refractivity contribution in [2.24, 2.45) is 0 Å². The van der Waals surface area contributed by atoms with Crippen molar-refractivity contribution in [3.63, 3.8) is 0 Å². The first kappa shape index (κ1) is 9.52. The zero-order chi connectivity index (χ0) is 10.3. The molecule has 0 radical (unpaired) electrons. The maximum Gasteiger partial charge on any atom is 0.224 e. The number of carbonyl (C=O) groups excluding carboxylic acids is 1. The van der Waals surface area contributed by atoms with Crippen LogP contribution in [0.5, 0.6) is 0 Å². The summed E-state index contributed by atoms with van der Waals surface area (Å²) in [5.41, 5.74) is 1.95. The number of nitrogens with zero attached hydrogens (tertiary/aromatic N) is 1. The molecule has 0 saturated heterocycles. The van der Waals surface area contributed by atoms with E-state index < -0.39 is 0 Å². The van der Waals surface area contributed by atoms with E-state index >= 15 is 0 Å². The maximum absolute atomic E-state index is 11.6. The standard InChI is InChI=1S/C10H14N2OS/c1-7(13)12-9-5-14-4-8(9)11-6-10(12,2)3/h4-5,11H,6H2,1-3H3. The molecule has 0 aliphatic carbocycles. The molecule has 14 heavy (non-hydrogen) atoms. The van der Waals surface area contributed by atoms with Gasteiger partial charge in [-0.2, -0.15) is 0 Å². The molecule has 0 spiro atoms. The van der Waals surface area contributed by atoms with Gasteiger partial charge in [0.15, 0.2) is 0 Å². The zero-order valence-corrected chi connectivity index (χ0v) is 9.44. The normalized spacial score (nSPS) is 18.6. The van der Waals surface area contributed by atoms with Gasteiger partial charge >= 0.3 is 0 Å². The van der Waals surface area contributed by atoms with Crippen LogP contribution in [-0.4, -0.2) is 18.0 Å². The Bertz CT molecular complexity index is 370. The molecule has 0 unspecified atom stereocenters. The van der Waals surface area contributed by atoms with E-state index in [1.54, 1.807) is 18.3 Å². The Balaban J connectivity index is 2.49. The molecule has 1 aromatic rings. The highest BCUT2D eigenvalue weighted by atomic mass is 32.1. The molecule has 1 amide bonds. The number of carbonyl (C=O) groups is 1. The lowest BCUT2D eigenvalue weighted by molar-refractivity contribution is -0.117. The first-order chi connectivity index (χ1) is 6.52. The first-order valence-corrected chi connectivity index (χ1v) is 5.57. The van der Waals surface area contributed by atoms with Crippen molar-refractivity contribution in [2.75, 3.05) is 16.8 Å². The quantitative estimate of drug-likeness (QED) is 0.712. The molecule has 2 rings (SSSR count). The van der Waals surface area contributed by atoms with Crippen LogP contribution in [0.15, 0.2) is 10.8 Å². The second-order valence-corrected chi connectivity index (χ2v) is 4.93. The summed E-state index contributed by atoms with van der Waals surface area (Å²) >= 11 is 1.62. The molecule has 3 nitrogen and oxygen atoms in total. The Kier molecular flexibility index (Phi) is 2.03. The lowest BCUT2D eigenvalue weighted by atomic mass is 9.99. The second-order valence-electron chi connectivity index (χ2n) is 4.19. The van der Waals surface area contributed by atoms with E-state index in [4.69, 9.17) is 0 Å². The summed E-state index contributed by atoms with van der Waals surface area (Å²) in [5.74, 6) is 0.108. The zero-order valence-electron chi connectivity index (χ0n) is 8.63. The predicted octanol–water partition coefficient (Wildman–Crippen LogP) is 2.31. The molecule has 0 saturated carbocycles. The summed E-state index contributed by atoms with van der Waals surface area (Å²) in [4.78, 5) is 13.4. The number of hydrogen-bond acceptors (Lipinski definition) is 3. The number of thiophene rings is 1. The van der Waals surface area contributed by atoms with Crippen molar-refractivity contribution in [2.45, 2.75) is 26.3 Å². The minimum atomic E-state index is -0.139. The Hall–Kier alpha value is -1.03. The lowest BCUT2D eigenvalue weighted by Crippen LogP contribution is -2.54. The fraction of sp³-hybridized carbons (Fsp3) is 0.500. The van der Waals surface area contributed by atoms with Crippen molar-refractivity contribution in [1.82, 2.24) is 0 Å². The number of anilines is 2. The molecule has 1 aliphatic heterocycles. The Morgan fingerprint density at radius 1 is 1.57 bits per heavy atom. The van der Waals surface area contributed by atoms with E-state index in [-0.39, 0.29) is 11.4 Å². The van der Waals surface area contributed by atoms with Gasteiger partial charge in [-0.3, -0.25) is 4.79 Å². The summed E-state index contributed by atoms with van der Waals surface area (Å²) in [6, 6.07) is 0. The highest BCUT2D eigenvalue weighted by Gasteiger charge is 2.35. The monoisotopic (exact) mass is 210 g/mol. The predicted molar refractivity (Wildman–Crippen MR) is 60.0 cm³/mol. The van der Waals surface area contributed by atoms with Crippen LogP contribution >= 0.6 is 11.3 Å². The van der Waals surface area contributed by atoms with Gasteiger partial charge in [-0.05, 0) is 13.8 Å². The van der Waals surface area contributed by atoms with E-state index in [9.17, 15) is 4.79 Å². The fourth-order valence-electron chi connectivity index (χ4n) is 1.91. The average Bonchev–Trinajstić information content (AvgIpc) is 2.48. The third kappa shape index (κ3) is 1.30. The molecule has 4 heteroatoms. The molecule has 1 aliphatic rings. The van der Waals surface area contributed by atoms with Gasteiger partial charge in [-0.1, -0.05) is 0 Å². The Morgan fingerprint density at radius 2 is 2.29 bits per heavy atom. The van der Waals surface area contributed by atoms with Gasteiger partial charge in [0, 0.05) is 24.2 Å². The SMILES string of the molecule is CC(=O)N1c2cscc2NCC1(C)C. The summed E-state index contributed by atoms with van der Waals surface area (Å²) in [5, 5.41) is 7.39. The highest BCUT2D eigenvalue weighted by Crippen LogP contribution is 2.38. The minimum absolute atomic E-state index is 0.108. The number of amides is 1. The van der Waals surface area contributed by atoms with E-state index in [2.05, 4.69) is 19.2 Å². The summed E-state index contributed by atoms with van der Waals surface area (Å²) in [6.07, 6.45) is 0. The molecule has 0 bridgehead atoms. The van der Waals surface area contributed by atoms with Crippen molar-refractivity contribution < 1.29 is 4.79 Å². The molecule has 0 aromatic carbocycles. The van der Waals surface area contributed by atoms with Crippen LogP contribution < -0.4 is 10.2 Å². The largest absolute Gasteiger partial charge is 0.380 e. The maximum atomic E-state index is 11.6. The molecule has 2 heterocycles. The van der Waals surface area contributed by atoms with Crippen LogP contribution in [-0.2, 0) is 4.79 Å². The fourth-order valence-corrected chi connectivity index (χ4v) is 2.68. The molecule has 1 N–H and O–H groups in total. The van der Waals surface area contributed by atoms with Crippen LogP contribution in [0.4, 0.5) is 11.4 Å². The van der Waals surface area contributed by atoms with Gasteiger partial charge in [-0.15, -0.1) is 11.3 Å². The summed E-state index contributed by atoms with van der Waals surface area (Å²) < 4.78 is 0. The molecular formula is C10H14N2OS. The summed E-state index contributed by atoms with van der Waals surface area (Å²) in [7, 11) is 0. The van der Waals surface area contributed by atoms with Crippen LogP contribution in [0, 0.1) is 0 Å². The second kappa shape index (κ2) is 2.98. The van der Waals surface area contributed by atoms with Crippen molar-refractivity contribution in [3.05, 3.63) is 10.8 Å². The van der Waals surface area contributed by atoms with Gasteiger partial charge < -0.3 is 10.2 Å². The minimum Gasteiger partial charge on any atom is -0.380 e. The number of rotatable bonds is 0. The number of hydrogen-bond donors (Lipinski definition) is 1. The molecular weight excluding hydrogens is 196 g/mol. The van der Waals surface area contributed by atoms with Gasteiger partial charge in [0.25, 0.3) is 0 Å². The molecule has 0 atom stereocenters. The third-order valence-electron chi connectivity index (χ3n) is 2.51. The van der Waals surface area contributed by atoms with E-state index in [1.165, 1.54) is 0 Å². The number of fused-ring (bicyclic) bond motifs is 1. The smallest absolute Gasteiger partial charge is 0.224 e. The van der Waals surface area contributed by atoms with E-state index in [0.29, 0.717) is 0 Å². The van der Waals surface area contributed by atoms with E-state index in [0.717, 1.165) is 17.9 Å². The van der Waals surface area contributed by atoms with Gasteiger partial charge in [-0.25, -0.2) is 0 Å². The van der Waals surface area contributed by atoms with Crippen molar-refractivity contribution >= 4 is 28.6 Å². The van der Waals surface area contributed by atoms with Crippen LogP contribution in [0.2, 0.25) is 0 Å². The topological polar surface area (TPSA) is 32.3 Å². The molecule has 0 fully saturated rings. The highest BCUT2D eigenvalue weighted by molar-refractivity contribution is 7.09. The van der Waals surface area contributed by atoms with Gasteiger partial charge in [0.2, 0.25) is 5.91 Å². The van der Waals surface area contributed by atoms with Crippen molar-refractivity contribution in [3.8, 4) is 0 Å². The summed E-state index contributed by atoms with van der Waals surface area (Å²) in [6.45, 7) is 6.56.